The highest BCUT2D eigenvalue weighted by atomic mass is 16.5. The third kappa shape index (κ3) is 2.74. The maximum Gasteiger partial charge on any atom is 0.119 e. The lowest BCUT2D eigenvalue weighted by Gasteiger charge is -2.13. The van der Waals surface area contributed by atoms with Gasteiger partial charge in [0, 0.05) is 6.54 Å². The first-order chi connectivity index (χ1) is 6.67. The third-order valence-corrected chi connectivity index (χ3v) is 2.45. The van der Waals surface area contributed by atoms with Crippen LogP contribution in [0.25, 0.3) is 0 Å². The van der Waals surface area contributed by atoms with Crippen LogP contribution in [0.2, 0.25) is 0 Å². The van der Waals surface area contributed by atoms with Crippen LogP contribution in [-0.4, -0.2) is 6.10 Å². The predicted molar refractivity (Wildman–Crippen MR) is 59.5 cm³/mol. The van der Waals surface area contributed by atoms with Crippen molar-refractivity contribution in [2.45, 2.75) is 39.8 Å². The van der Waals surface area contributed by atoms with Crippen LogP contribution in [0.15, 0.2) is 18.2 Å². The Balaban J connectivity index is 2.76. The predicted octanol–water partition coefficient (Wildman–Crippen LogP) is 2.63. The number of aryl methyl sites for hydroxylation is 1. The fraction of sp³-hybridized carbons (Fsp3) is 0.500. The standard InChI is InChI=1S/C12H19NO/c1-4-10(3)14-12-6-5-11(8-13)9(2)7-12/h5-7,10H,4,8,13H2,1-3H3. The van der Waals surface area contributed by atoms with Gasteiger partial charge in [-0.25, -0.2) is 0 Å². The highest BCUT2D eigenvalue weighted by molar-refractivity contribution is 5.34. The smallest absolute Gasteiger partial charge is 0.119 e. The van der Waals surface area contributed by atoms with E-state index in [2.05, 4.69) is 20.8 Å². The molecule has 0 spiro atoms. The number of ether oxygens (including phenoxy) is 1. The van der Waals surface area contributed by atoms with Crippen molar-refractivity contribution in [2.24, 2.45) is 5.73 Å². The highest BCUT2D eigenvalue weighted by Crippen LogP contribution is 2.18. The van der Waals surface area contributed by atoms with E-state index in [9.17, 15) is 0 Å². The van der Waals surface area contributed by atoms with E-state index in [1.165, 1.54) is 11.1 Å². The second-order valence-corrected chi connectivity index (χ2v) is 3.63. The lowest BCUT2D eigenvalue weighted by Crippen LogP contribution is -2.10. The molecule has 2 N–H and O–H groups in total. The normalized spacial score (nSPS) is 12.6. The molecule has 0 fully saturated rings. The molecule has 0 amide bonds. The van der Waals surface area contributed by atoms with E-state index in [0.29, 0.717) is 6.54 Å². The molecule has 0 aliphatic heterocycles. The molecule has 2 nitrogen and oxygen atoms in total. The van der Waals surface area contributed by atoms with E-state index >= 15 is 0 Å². The van der Waals surface area contributed by atoms with Crippen molar-refractivity contribution >= 4 is 0 Å². The number of rotatable bonds is 4. The molecular weight excluding hydrogens is 174 g/mol. The van der Waals surface area contributed by atoms with Gasteiger partial charge in [-0.3, -0.25) is 0 Å². The Morgan fingerprint density at radius 3 is 2.64 bits per heavy atom. The Morgan fingerprint density at radius 2 is 2.14 bits per heavy atom. The minimum Gasteiger partial charge on any atom is -0.491 e. The minimum absolute atomic E-state index is 0.276. The summed E-state index contributed by atoms with van der Waals surface area (Å²) in [6.07, 6.45) is 1.30. The molecule has 1 rings (SSSR count). The molecule has 1 atom stereocenters. The summed E-state index contributed by atoms with van der Waals surface area (Å²) in [5.74, 6) is 0.939. The van der Waals surface area contributed by atoms with Crippen molar-refractivity contribution in [3.8, 4) is 5.75 Å². The van der Waals surface area contributed by atoms with Crippen molar-refractivity contribution in [2.75, 3.05) is 0 Å². The number of nitrogens with two attached hydrogens (primary N) is 1. The van der Waals surface area contributed by atoms with E-state index in [1.54, 1.807) is 0 Å². The lowest BCUT2D eigenvalue weighted by atomic mass is 10.1. The summed E-state index contributed by atoms with van der Waals surface area (Å²) in [4.78, 5) is 0. The molecule has 0 saturated heterocycles. The maximum absolute atomic E-state index is 5.70. The zero-order valence-electron chi connectivity index (χ0n) is 9.21. The van der Waals surface area contributed by atoms with E-state index in [-0.39, 0.29) is 6.10 Å². The topological polar surface area (TPSA) is 35.2 Å². The molecule has 0 radical (unpaired) electrons. The van der Waals surface area contributed by atoms with Gasteiger partial charge in [0.1, 0.15) is 5.75 Å². The van der Waals surface area contributed by atoms with E-state index < -0.39 is 0 Å². The van der Waals surface area contributed by atoms with Crippen LogP contribution in [0.3, 0.4) is 0 Å². The zero-order valence-corrected chi connectivity index (χ0v) is 9.21. The van der Waals surface area contributed by atoms with Crippen LogP contribution in [-0.2, 0) is 6.54 Å². The van der Waals surface area contributed by atoms with E-state index in [4.69, 9.17) is 10.5 Å². The van der Waals surface area contributed by atoms with Gasteiger partial charge in [-0.2, -0.15) is 0 Å². The SMILES string of the molecule is CCC(C)Oc1ccc(CN)c(C)c1. The summed E-state index contributed by atoms with van der Waals surface area (Å²) >= 11 is 0. The van der Waals surface area contributed by atoms with Crippen molar-refractivity contribution < 1.29 is 4.74 Å². The average molecular weight is 193 g/mol. The first-order valence-corrected chi connectivity index (χ1v) is 5.13. The summed E-state index contributed by atoms with van der Waals surface area (Å²) < 4.78 is 5.70. The fourth-order valence-electron chi connectivity index (χ4n) is 1.29. The molecule has 0 saturated carbocycles. The average Bonchev–Trinajstić information content (AvgIpc) is 2.18. The van der Waals surface area contributed by atoms with E-state index in [0.717, 1.165) is 12.2 Å². The van der Waals surface area contributed by atoms with Crippen LogP contribution in [0.4, 0.5) is 0 Å². The van der Waals surface area contributed by atoms with Gasteiger partial charge in [-0.15, -0.1) is 0 Å². The molecule has 14 heavy (non-hydrogen) atoms. The first-order valence-electron chi connectivity index (χ1n) is 5.13. The molecule has 78 valence electrons. The molecule has 0 heterocycles. The van der Waals surface area contributed by atoms with Crippen LogP contribution in [0, 0.1) is 6.92 Å². The second-order valence-electron chi connectivity index (χ2n) is 3.63. The number of benzene rings is 1. The quantitative estimate of drug-likeness (QED) is 0.797. The molecule has 1 aromatic rings. The highest BCUT2D eigenvalue weighted by Gasteiger charge is 2.02. The van der Waals surface area contributed by atoms with Crippen LogP contribution in [0.1, 0.15) is 31.4 Å². The lowest BCUT2D eigenvalue weighted by molar-refractivity contribution is 0.217. The van der Waals surface area contributed by atoms with Crippen LogP contribution < -0.4 is 10.5 Å². The Kier molecular flexibility index (Phi) is 3.96. The molecular formula is C12H19NO. The molecule has 0 bridgehead atoms. The van der Waals surface area contributed by atoms with Gasteiger partial charge < -0.3 is 10.5 Å². The Bertz CT molecular complexity index is 296. The van der Waals surface area contributed by atoms with Crippen molar-refractivity contribution in [3.63, 3.8) is 0 Å². The van der Waals surface area contributed by atoms with Gasteiger partial charge >= 0.3 is 0 Å². The summed E-state index contributed by atoms with van der Waals surface area (Å²) in [7, 11) is 0. The number of hydrogen-bond donors (Lipinski definition) is 1. The largest absolute Gasteiger partial charge is 0.491 e. The minimum atomic E-state index is 0.276. The van der Waals surface area contributed by atoms with Crippen LogP contribution in [0.5, 0.6) is 5.75 Å². The molecule has 2 heteroatoms. The number of hydrogen-bond acceptors (Lipinski definition) is 2. The molecule has 1 unspecified atom stereocenters. The molecule has 0 aliphatic carbocycles. The summed E-state index contributed by atoms with van der Waals surface area (Å²) in [5, 5.41) is 0. The molecule has 0 aliphatic rings. The summed E-state index contributed by atoms with van der Waals surface area (Å²) in [6, 6.07) is 6.07. The third-order valence-electron chi connectivity index (χ3n) is 2.45. The molecule has 0 aromatic heterocycles. The van der Waals surface area contributed by atoms with Gasteiger partial charge in [0.2, 0.25) is 0 Å². The fourth-order valence-corrected chi connectivity index (χ4v) is 1.29. The van der Waals surface area contributed by atoms with Gasteiger partial charge in [0.25, 0.3) is 0 Å². The first kappa shape index (κ1) is 11.1. The van der Waals surface area contributed by atoms with Crippen molar-refractivity contribution in [1.82, 2.24) is 0 Å². The zero-order chi connectivity index (χ0) is 10.6. The van der Waals surface area contributed by atoms with E-state index in [1.807, 2.05) is 18.2 Å². The van der Waals surface area contributed by atoms with Gasteiger partial charge in [0.05, 0.1) is 6.10 Å². The monoisotopic (exact) mass is 193 g/mol. The van der Waals surface area contributed by atoms with Crippen LogP contribution >= 0.6 is 0 Å². The van der Waals surface area contributed by atoms with Gasteiger partial charge in [0.15, 0.2) is 0 Å². The Labute approximate surface area is 86.1 Å². The Hall–Kier alpha value is -1.02. The Morgan fingerprint density at radius 1 is 1.43 bits per heavy atom. The second kappa shape index (κ2) is 5.01. The summed E-state index contributed by atoms with van der Waals surface area (Å²) in [6.45, 7) is 6.85. The van der Waals surface area contributed by atoms with Crippen molar-refractivity contribution in [1.29, 1.82) is 0 Å². The van der Waals surface area contributed by atoms with Gasteiger partial charge in [-0.1, -0.05) is 13.0 Å². The summed E-state index contributed by atoms with van der Waals surface area (Å²) in [5.41, 5.74) is 7.97. The van der Waals surface area contributed by atoms with Crippen molar-refractivity contribution in [3.05, 3.63) is 29.3 Å². The molecule has 1 aromatic carbocycles. The maximum atomic E-state index is 5.70. The van der Waals surface area contributed by atoms with Gasteiger partial charge in [-0.05, 0) is 43.5 Å².